The van der Waals surface area contributed by atoms with Gasteiger partial charge in [-0.3, -0.25) is 0 Å². The molecule has 2 unspecified atom stereocenters. The molecular weight excluding hydrogens is 224 g/mol. The number of nitrogens with two attached hydrogens (primary N) is 1. The molecule has 2 bridgehead atoms. The van der Waals surface area contributed by atoms with Crippen LogP contribution in [-0.2, 0) is 0 Å². The average Bonchev–Trinajstić information content (AvgIpc) is 2.55. The van der Waals surface area contributed by atoms with E-state index in [0.717, 1.165) is 36.7 Å². The summed E-state index contributed by atoms with van der Waals surface area (Å²) in [4.78, 5) is 11.0. The van der Waals surface area contributed by atoms with Crippen LogP contribution in [0.4, 0.5) is 0 Å². The molecule has 3 aliphatic rings. The van der Waals surface area contributed by atoms with E-state index >= 15 is 0 Å². The molecule has 4 atom stereocenters. The van der Waals surface area contributed by atoms with E-state index in [1.54, 1.807) is 12.6 Å². The van der Waals surface area contributed by atoms with Gasteiger partial charge in [-0.15, -0.1) is 0 Å². The second-order valence-corrected chi connectivity index (χ2v) is 6.25. The molecule has 1 saturated carbocycles. The van der Waals surface area contributed by atoms with Crippen molar-refractivity contribution in [3.8, 4) is 0 Å². The number of rotatable bonds is 1. The van der Waals surface area contributed by atoms with Gasteiger partial charge in [0.05, 0.1) is 5.54 Å². The maximum atomic E-state index is 6.15. The highest BCUT2D eigenvalue weighted by molar-refractivity contribution is 5.82. The van der Waals surface area contributed by atoms with Crippen LogP contribution in [0.15, 0.2) is 21.9 Å². The van der Waals surface area contributed by atoms with E-state index in [0.29, 0.717) is 0 Å². The summed E-state index contributed by atoms with van der Waals surface area (Å²) in [5.74, 6) is 3.53. The molecule has 2 N–H and O–H groups in total. The van der Waals surface area contributed by atoms with Crippen molar-refractivity contribution < 1.29 is 0 Å². The summed E-state index contributed by atoms with van der Waals surface area (Å²) in [5, 5.41) is 0. The second-order valence-electron chi connectivity index (χ2n) is 6.25. The molecular formula is C14H22N4. The Labute approximate surface area is 109 Å². The fraction of sp³-hybridized carbons (Fsp3) is 0.714. The first-order valence-corrected chi connectivity index (χ1v) is 6.89. The van der Waals surface area contributed by atoms with Crippen LogP contribution in [-0.4, -0.2) is 36.1 Å². The molecule has 0 spiro atoms. The van der Waals surface area contributed by atoms with Crippen LogP contribution in [0.1, 0.15) is 26.7 Å². The number of nitrogens with zero attached hydrogens (tertiary/aromatic N) is 3. The maximum Gasteiger partial charge on any atom is 0.128 e. The Morgan fingerprint density at radius 2 is 2.00 bits per heavy atom. The molecule has 1 saturated heterocycles. The summed E-state index contributed by atoms with van der Waals surface area (Å²) in [6, 6.07) is 0. The van der Waals surface area contributed by atoms with Gasteiger partial charge in [-0.2, -0.15) is 0 Å². The third-order valence-corrected chi connectivity index (χ3v) is 4.68. The molecule has 0 amide bonds. The monoisotopic (exact) mass is 246 g/mol. The van der Waals surface area contributed by atoms with Crippen LogP contribution >= 0.6 is 0 Å². The fourth-order valence-electron chi connectivity index (χ4n) is 3.49. The lowest BCUT2D eigenvalue weighted by Crippen LogP contribution is -2.42. The highest BCUT2D eigenvalue weighted by Gasteiger charge is 2.40. The quantitative estimate of drug-likeness (QED) is 0.764. The van der Waals surface area contributed by atoms with E-state index in [1.807, 2.05) is 13.0 Å². The van der Waals surface area contributed by atoms with E-state index in [9.17, 15) is 0 Å². The molecule has 2 fully saturated rings. The first kappa shape index (κ1) is 11.9. The minimum Gasteiger partial charge on any atom is -0.356 e. The second kappa shape index (κ2) is 4.19. The first-order valence-electron chi connectivity index (χ1n) is 6.89. The van der Waals surface area contributed by atoms with Gasteiger partial charge in [0.2, 0.25) is 0 Å². The Kier molecular flexibility index (Phi) is 2.77. The zero-order valence-corrected chi connectivity index (χ0v) is 11.2. The summed E-state index contributed by atoms with van der Waals surface area (Å²) < 4.78 is 0. The summed E-state index contributed by atoms with van der Waals surface area (Å²) >= 11 is 0. The van der Waals surface area contributed by atoms with Gasteiger partial charge in [0.1, 0.15) is 12.2 Å². The molecule has 18 heavy (non-hydrogen) atoms. The Bertz CT molecular complexity index is 408. The zero-order chi connectivity index (χ0) is 12.8. The van der Waals surface area contributed by atoms with E-state index in [4.69, 9.17) is 5.73 Å². The number of piperidine rings is 1. The molecule has 0 radical (unpaired) electrons. The molecule has 98 valence electrons. The number of likely N-dealkylation sites (tertiary alicyclic amines) is 1. The summed E-state index contributed by atoms with van der Waals surface area (Å²) in [6.07, 6.45) is 8.15. The van der Waals surface area contributed by atoms with Crippen molar-refractivity contribution in [2.24, 2.45) is 33.5 Å². The maximum absolute atomic E-state index is 6.15. The molecule has 2 heterocycles. The SMILES string of the molecule is CC1[C@@H]2CC[C@H]1CN(C1=CC(C)(N)C=NC=N1)C2. The fourth-order valence-corrected chi connectivity index (χ4v) is 3.49. The summed E-state index contributed by atoms with van der Waals surface area (Å²) in [6.45, 7) is 6.61. The lowest BCUT2D eigenvalue weighted by atomic mass is 9.87. The van der Waals surface area contributed by atoms with Crippen LogP contribution in [0.5, 0.6) is 0 Å². The molecule has 3 rings (SSSR count). The number of hydrogen-bond donors (Lipinski definition) is 1. The van der Waals surface area contributed by atoms with Crippen LogP contribution in [0.2, 0.25) is 0 Å². The topological polar surface area (TPSA) is 54.0 Å². The molecule has 2 aliphatic heterocycles. The molecule has 4 nitrogen and oxygen atoms in total. The van der Waals surface area contributed by atoms with Crippen molar-refractivity contribution in [3.63, 3.8) is 0 Å². The van der Waals surface area contributed by atoms with Crippen molar-refractivity contribution in [2.75, 3.05) is 13.1 Å². The van der Waals surface area contributed by atoms with Gasteiger partial charge in [0, 0.05) is 19.3 Å². The van der Waals surface area contributed by atoms with Gasteiger partial charge in [0.25, 0.3) is 0 Å². The Hall–Kier alpha value is -1.16. The van der Waals surface area contributed by atoms with Gasteiger partial charge in [0.15, 0.2) is 0 Å². The zero-order valence-electron chi connectivity index (χ0n) is 11.2. The van der Waals surface area contributed by atoms with E-state index in [-0.39, 0.29) is 0 Å². The van der Waals surface area contributed by atoms with Crippen LogP contribution in [0.25, 0.3) is 0 Å². The minimum absolute atomic E-state index is 0.492. The third-order valence-electron chi connectivity index (χ3n) is 4.68. The van der Waals surface area contributed by atoms with Gasteiger partial charge in [-0.25, -0.2) is 9.98 Å². The number of fused-ring (bicyclic) bond motifs is 2. The van der Waals surface area contributed by atoms with Crippen molar-refractivity contribution >= 4 is 12.6 Å². The predicted octanol–water partition coefficient (Wildman–Crippen LogP) is 1.64. The summed E-state index contributed by atoms with van der Waals surface area (Å²) in [5.41, 5.74) is 5.66. The van der Waals surface area contributed by atoms with Gasteiger partial charge < -0.3 is 10.6 Å². The standard InChI is InChI=1S/C14H22N4/c1-10-11-3-4-12(10)7-18(6-11)13-5-14(2,15)8-16-9-17-13/h5,8-12H,3-4,6-7,15H2,1-2H3/t10?,11-,12+,14?. The molecule has 4 heteroatoms. The average molecular weight is 246 g/mol. The lowest BCUT2D eigenvalue weighted by molar-refractivity contribution is 0.149. The lowest BCUT2D eigenvalue weighted by Gasteiger charge is -2.38. The first-order chi connectivity index (χ1) is 8.55. The predicted molar refractivity (Wildman–Crippen MR) is 74.6 cm³/mol. The third kappa shape index (κ3) is 2.09. The van der Waals surface area contributed by atoms with E-state index in [1.165, 1.54) is 12.8 Å². The van der Waals surface area contributed by atoms with Crippen LogP contribution in [0, 0.1) is 17.8 Å². The minimum atomic E-state index is -0.492. The Morgan fingerprint density at radius 3 is 2.67 bits per heavy atom. The normalized spacial score (nSPS) is 42.9. The molecule has 1 aliphatic carbocycles. The number of hydrogen-bond acceptors (Lipinski definition) is 4. The van der Waals surface area contributed by atoms with Crippen LogP contribution in [0.3, 0.4) is 0 Å². The molecule has 0 aromatic rings. The smallest absolute Gasteiger partial charge is 0.128 e. The summed E-state index contributed by atoms with van der Waals surface area (Å²) in [7, 11) is 0. The Balaban J connectivity index is 1.82. The van der Waals surface area contributed by atoms with E-state index < -0.39 is 5.54 Å². The van der Waals surface area contributed by atoms with Gasteiger partial charge >= 0.3 is 0 Å². The van der Waals surface area contributed by atoms with Gasteiger partial charge in [-0.05, 0) is 43.6 Å². The van der Waals surface area contributed by atoms with Crippen molar-refractivity contribution in [1.29, 1.82) is 0 Å². The highest BCUT2D eigenvalue weighted by atomic mass is 15.2. The highest BCUT2D eigenvalue weighted by Crippen LogP contribution is 2.42. The Morgan fingerprint density at radius 1 is 1.33 bits per heavy atom. The molecule has 0 aromatic carbocycles. The van der Waals surface area contributed by atoms with Gasteiger partial charge in [-0.1, -0.05) is 6.92 Å². The van der Waals surface area contributed by atoms with Crippen LogP contribution < -0.4 is 5.73 Å². The molecule has 0 aromatic heterocycles. The largest absolute Gasteiger partial charge is 0.356 e. The van der Waals surface area contributed by atoms with Crippen molar-refractivity contribution in [3.05, 3.63) is 11.9 Å². The van der Waals surface area contributed by atoms with E-state index in [2.05, 4.69) is 21.8 Å². The van der Waals surface area contributed by atoms with Crippen molar-refractivity contribution in [1.82, 2.24) is 4.90 Å². The number of aliphatic imine (C=N–C) groups is 2. The van der Waals surface area contributed by atoms with Crippen molar-refractivity contribution in [2.45, 2.75) is 32.2 Å².